The molecule has 3 N–H and O–H groups in total. The number of fused-ring (bicyclic) bond motifs is 1. The molecule has 0 amide bonds. The van der Waals surface area contributed by atoms with Crippen molar-refractivity contribution in [2.75, 3.05) is 18.6 Å². The molecule has 0 aliphatic rings. The van der Waals surface area contributed by atoms with Crippen molar-refractivity contribution in [1.82, 2.24) is 4.98 Å². The van der Waals surface area contributed by atoms with Crippen LogP contribution in [0.5, 0.6) is 0 Å². The quantitative estimate of drug-likeness (QED) is 0.844. The summed E-state index contributed by atoms with van der Waals surface area (Å²) >= 11 is 5.14. The number of nitrogens with two attached hydrogens (primary N) is 1. The van der Waals surface area contributed by atoms with Gasteiger partial charge in [-0.3, -0.25) is 4.98 Å². The van der Waals surface area contributed by atoms with Crippen LogP contribution in [0.4, 0.5) is 5.69 Å². The number of rotatable bonds is 4. The fourth-order valence-corrected chi connectivity index (χ4v) is 2.23. The number of nitrogens with zero attached hydrogens (tertiary/aromatic N) is 2. The van der Waals surface area contributed by atoms with Crippen LogP contribution in [0.3, 0.4) is 0 Å². The van der Waals surface area contributed by atoms with Crippen LogP contribution in [0.1, 0.15) is 19.4 Å². The van der Waals surface area contributed by atoms with E-state index < -0.39 is 5.54 Å². The van der Waals surface area contributed by atoms with Crippen molar-refractivity contribution in [3.8, 4) is 0 Å². The van der Waals surface area contributed by atoms with Gasteiger partial charge in [-0.05, 0) is 19.9 Å². The predicted molar refractivity (Wildman–Crippen MR) is 87.2 cm³/mol. The highest BCUT2D eigenvalue weighted by Crippen LogP contribution is 2.32. The number of aliphatic hydroxyl groups is 1. The Balaban J connectivity index is 2.76. The monoisotopic (exact) mass is 289 g/mol. The lowest BCUT2D eigenvalue weighted by molar-refractivity contribution is 0.216. The summed E-state index contributed by atoms with van der Waals surface area (Å²) in [7, 11) is 1.93. The van der Waals surface area contributed by atoms with E-state index in [0.29, 0.717) is 4.99 Å². The molecule has 0 unspecified atom stereocenters. The Hall–Kier alpha value is -1.72. The first kappa shape index (κ1) is 14.7. The van der Waals surface area contributed by atoms with Gasteiger partial charge >= 0.3 is 0 Å². The summed E-state index contributed by atoms with van der Waals surface area (Å²) in [6.07, 6.45) is 1.70. The SMILES string of the molecule is CN(c1c(C(N)=S)cnc2ccccc12)C(C)(C)CO. The lowest BCUT2D eigenvalue weighted by Gasteiger charge is -2.37. The topological polar surface area (TPSA) is 62.4 Å². The van der Waals surface area contributed by atoms with Crippen LogP contribution >= 0.6 is 12.2 Å². The van der Waals surface area contributed by atoms with Crippen molar-refractivity contribution in [2.24, 2.45) is 5.73 Å². The van der Waals surface area contributed by atoms with E-state index >= 15 is 0 Å². The van der Waals surface area contributed by atoms with E-state index in [1.165, 1.54) is 0 Å². The molecule has 2 aromatic rings. The molecule has 2 rings (SSSR count). The Bertz CT molecular complexity index is 655. The second kappa shape index (κ2) is 5.34. The summed E-state index contributed by atoms with van der Waals surface area (Å²) in [5.74, 6) is 0. The molecular weight excluding hydrogens is 270 g/mol. The van der Waals surface area contributed by atoms with Crippen molar-refractivity contribution in [2.45, 2.75) is 19.4 Å². The number of hydrogen-bond acceptors (Lipinski definition) is 4. The van der Waals surface area contributed by atoms with E-state index in [1.807, 2.05) is 50.1 Å². The highest BCUT2D eigenvalue weighted by molar-refractivity contribution is 7.80. The minimum absolute atomic E-state index is 0.0247. The van der Waals surface area contributed by atoms with Gasteiger partial charge in [-0.25, -0.2) is 0 Å². The van der Waals surface area contributed by atoms with Crippen LogP contribution in [0.2, 0.25) is 0 Å². The number of pyridine rings is 1. The number of aromatic nitrogens is 1. The number of hydrogen-bond donors (Lipinski definition) is 2. The molecule has 0 fully saturated rings. The van der Waals surface area contributed by atoms with Crippen LogP contribution in [-0.2, 0) is 0 Å². The van der Waals surface area contributed by atoms with Gasteiger partial charge in [0.25, 0.3) is 0 Å². The summed E-state index contributed by atoms with van der Waals surface area (Å²) < 4.78 is 0. The molecular formula is C15H19N3OS. The Morgan fingerprint density at radius 3 is 2.65 bits per heavy atom. The predicted octanol–water partition coefficient (Wildman–Crippen LogP) is 2.08. The van der Waals surface area contributed by atoms with Crippen LogP contribution in [0.25, 0.3) is 10.9 Å². The molecule has 20 heavy (non-hydrogen) atoms. The van der Waals surface area contributed by atoms with Gasteiger partial charge in [-0.15, -0.1) is 0 Å². The molecule has 1 heterocycles. The molecule has 0 radical (unpaired) electrons. The molecule has 0 spiro atoms. The molecule has 0 aliphatic heterocycles. The zero-order valence-corrected chi connectivity index (χ0v) is 12.7. The fourth-order valence-electron chi connectivity index (χ4n) is 2.08. The highest BCUT2D eigenvalue weighted by Gasteiger charge is 2.26. The molecule has 0 atom stereocenters. The van der Waals surface area contributed by atoms with Crippen molar-refractivity contribution >= 4 is 33.8 Å². The molecule has 0 aliphatic carbocycles. The first-order chi connectivity index (χ1) is 9.38. The van der Waals surface area contributed by atoms with E-state index in [-0.39, 0.29) is 6.61 Å². The van der Waals surface area contributed by atoms with Crippen molar-refractivity contribution < 1.29 is 5.11 Å². The third kappa shape index (κ3) is 2.46. The summed E-state index contributed by atoms with van der Waals surface area (Å²) in [5, 5.41) is 10.6. The minimum Gasteiger partial charge on any atom is -0.394 e. The zero-order chi connectivity index (χ0) is 14.9. The maximum atomic E-state index is 9.61. The zero-order valence-electron chi connectivity index (χ0n) is 11.9. The number of likely N-dealkylation sites (N-methyl/N-ethyl adjacent to an activating group) is 1. The number of para-hydroxylation sites is 1. The van der Waals surface area contributed by atoms with Gasteiger partial charge in [-0.1, -0.05) is 30.4 Å². The van der Waals surface area contributed by atoms with Gasteiger partial charge in [0.2, 0.25) is 0 Å². The van der Waals surface area contributed by atoms with E-state index in [1.54, 1.807) is 6.20 Å². The largest absolute Gasteiger partial charge is 0.394 e. The van der Waals surface area contributed by atoms with E-state index in [4.69, 9.17) is 18.0 Å². The molecule has 0 bridgehead atoms. The van der Waals surface area contributed by atoms with Gasteiger partial charge in [0.15, 0.2) is 0 Å². The standard InChI is InChI=1S/C15H19N3OS/c1-15(2,9-19)18(3)13-10-6-4-5-7-12(10)17-8-11(13)14(16)20/h4-8,19H,9H2,1-3H3,(H2,16,20). The smallest absolute Gasteiger partial charge is 0.107 e. The van der Waals surface area contributed by atoms with Crippen LogP contribution in [0.15, 0.2) is 30.5 Å². The van der Waals surface area contributed by atoms with Crippen molar-refractivity contribution in [3.63, 3.8) is 0 Å². The lowest BCUT2D eigenvalue weighted by atomic mass is 10.0. The summed E-state index contributed by atoms with van der Waals surface area (Å²) in [4.78, 5) is 6.71. The Morgan fingerprint density at radius 2 is 2.05 bits per heavy atom. The number of thiocarbonyl (C=S) groups is 1. The molecule has 106 valence electrons. The van der Waals surface area contributed by atoms with Gasteiger partial charge in [0, 0.05) is 18.6 Å². The number of anilines is 1. The van der Waals surface area contributed by atoms with Gasteiger partial charge in [-0.2, -0.15) is 0 Å². The van der Waals surface area contributed by atoms with Crippen molar-refractivity contribution in [1.29, 1.82) is 0 Å². The van der Waals surface area contributed by atoms with E-state index in [0.717, 1.165) is 22.2 Å². The maximum Gasteiger partial charge on any atom is 0.107 e. The normalized spacial score (nSPS) is 11.6. The maximum absolute atomic E-state index is 9.61. The molecule has 5 heteroatoms. The minimum atomic E-state index is -0.427. The van der Waals surface area contributed by atoms with Crippen LogP contribution < -0.4 is 10.6 Å². The number of benzene rings is 1. The third-order valence-electron chi connectivity index (χ3n) is 3.64. The first-order valence-electron chi connectivity index (χ1n) is 6.40. The second-order valence-corrected chi connectivity index (χ2v) is 5.87. The molecule has 1 aromatic carbocycles. The summed E-state index contributed by atoms with van der Waals surface area (Å²) in [6.45, 7) is 3.95. The average Bonchev–Trinajstić information content (AvgIpc) is 2.45. The lowest BCUT2D eigenvalue weighted by Crippen LogP contribution is -2.45. The summed E-state index contributed by atoms with van der Waals surface area (Å²) in [6, 6.07) is 7.83. The van der Waals surface area contributed by atoms with Gasteiger partial charge < -0.3 is 15.7 Å². The Labute approximate surface area is 124 Å². The van der Waals surface area contributed by atoms with Crippen LogP contribution in [-0.4, -0.2) is 34.3 Å². The third-order valence-corrected chi connectivity index (χ3v) is 3.86. The van der Waals surface area contributed by atoms with Crippen LogP contribution in [0, 0.1) is 0 Å². The molecule has 0 saturated carbocycles. The van der Waals surface area contributed by atoms with Gasteiger partial charge in [0.1, 0.15) is 4.99 Å². The average molecular weight is 289 g/mol. The Kier molecular flexibility index (Phi) is 3.92. The first-order valence-corrected chi connectivity index (χ1v) is 6.81. The highest BCUT2D eigenvalue weighted by atomic mass is 32.1. The molecule has 4 nitrogen and oxygen atoms in total. The summed E-state index contributed by atoms with van der Waals surface area (Å²) in [5.41, 5.74) is 7.91. The fraction of sp³-hybridized carbons (Fsp3) is 0.333. The van der Waals surface area contributed by atoms with E-state index in [2.05, 4.69) is 4.98 Å². The number of aliphatic hydroxyl groups excluding tert-OH is 1. The van der Waals surface area contributed by atoms with Gasteiger partial charge in [0.05, 0.1) is 28.9 Å². The van der Waals surface area contributed by atoms with Crippen molar-refractivity contribution in [3.05, 3.63) is 36.0 Å². The second-order valence-electron chi connectivity index (χ2n) is 5.43. The molecule has 0 saturated heterocycles. The Morgan fingerprint density at radius 1 is 1.40 bits per heavy atom. The van der Waals surface area contributed by atoms with E-state index in [9.17, 15) is 5.11 Å². The molecule has 1 aromatic heterocycles.